The summed E-state index contributed by atoms with van der Waals surface area (Å²) in [7, 11) is -3.52. The van der Waals surface area contributed by atoms with E-state index in [1.54, 1.807) is 17.5 Å². The average molecular weight is 497 g/mol. The van der Waals surface area contributed by atoms with Crippen LogP contribution in [0.15, 0.2) is 82.4 Å². The van der Waals surface area contributed by atoms with Crippen LogP contribution in [0.5, 0.6) is 0 Å². The number of piperazine rings is 1. The summed E-state index contributed by atoms with van der Waals surface area (Å²) in [6.45, 7) is 1.54. The third-order valence-corrected chi connectivity index (χ3v) is 9.55. The first kappa shape index (κ1) is 22.7. The lowest BCUT2D eigenvalue weighted by Gasteiger charge is -2.35. The monoisotopic (exact) mass is 496 g/mol. The number of nitrogens with one attached hydrogen (secondary N) is 1. The Morgan fingerprint density at radius 3 is 1.94 bits per heavy atom. The van der Waals surface area contributed by atoms with Crippen molar-refractivity contribution in [2.45, 2.75) is 9.75 Å². The third kappa shape index (κ3) is 3.82. The standard InChI is InChI=1S/C24H24N4O4S2/c29-22-24(19-8-3-1-4-9-19,20-10-5-2-6-11-20)25-23(30)28(22)18-26-13-15-27(16-14-26)34(31,32)21-12-7-17-33-21/h1-12,17H,13-16,18H2,(H,25,30). The fraction of sp³-hybridized carbons (Fsp3) is 0.250. The van der Waals surface area contributed by atoms with Gasteiger partial charge >= 0.3 is 6.03 Å². The number of benzene rings is 2. The number of urea groups is 1. The number of carbonyl (C=O) groups is 2. The number of hydrogen-bond donors (Lipinski definition) is 1. The lowest BCUT2D eigenvalue weighted by molar-refractivity contribution is -0.132. The zero-order chi connectivity index (χ0) is 23.8. The maximum atomic E-state index is 13.8. The van der Waals surface area contributed by atoms with Gasteiger partial charge < -0.3 is 5.32 Å². The largest absolute Gasteiger partial charge is 0.326 e. The molecule has 3 aromatic rings. The van der Waals surface area contributed by atoms with Gasteiger partial charge in [0.25, 0.3) is 15.9 Å². The van der Waals surface area contributed by atoms with Gasteiger partial charge in [0.2, 0.25) is 0 Å². The minimum Gasteiger partial charge on any atom is -0.315 e. The van der Waals surface area contributed by atoms with E-state index in [4.69, 9.17) is 0 Å². The second-order valence-electron chi connectivity index (χ2n) is 8.24. The molecule has 0 unspecified atom stereocenters. The molecule has 3 amide bonds. The molecule has 34 heavy (non-hydrogen) atoms. The SMILES string of the molecule is O=C1NC(c2ccccc2)(c2ccccc2)C(=O)N1CN1CCN(S(=O)(=O)c2cccs2)CC1. The van der Waals surface area contributed by atoms with Crippen molar-refractivity contribution in [3.8, 4) is 0 Å². The van der Waals surface area contributed by atoms with Gasteiger partial charge in [-0.25, -0.2) is 18.1 Å². The van der Waals surface area contributed by atoms with Gasteiger partial charge in [-0.3, -0.25) is 9.69 Å². The van der Waals surface area contributed by atoms with E-state index < -0.39 is 21.6 Å². The molecule has 176 valence electrons. The number of imide groups is 1. The third-order valence-electron chi connectivity index (χ3n) is 6.28. The van der Waals surface area contributed by atoms with Crippen LogP contribution in [-0.2, 0) is 20.4 Å². The molecule has 0 spiro atoms. The predicted octanol–water partition coefficient (Wildman–Crippen LogP) is 2.51. The summed E-state index contributed by atoms with van der Waals surface area (Å²) in [5, 5.41) is 4.69. The molecule has 0 atom stereocenters. The molecule has 1 N–H and O–H groups in total. The van der Waals surface area contributed by atoms with Gasteiger partial charge in [-0.2, -0.15) is 4.31 Å². The second kappa shape index (κ2) is 8.95. The number of nitrogens with zero attached hydrogens (tertiary/aromatic N) is 3. The molecule has 2 saturated heterocycles. The molecule has 2 aromatic carbocycles. The van der Waals surface area contributed by atoms with Gasteiger partial charge in [0.15, 0.2) is 5.54 Å². The number of sulfonamides is 1. The summed E-state index contributed by atoms with van der Waals surface area (Å²) in [5.41, 5.74) is 0.0760. The topological polar surface area (TPSA) is 90.0 Å². The molecule has 0 saturated carbocycles. The molecule has 2 aliphatic heterocycles. The number of amides is 3. The molecular formula is C24H24N4O4S2. The van der Waals surface area contributed by atoms with Crippen LogP contribution in [0.3, 0.4) is 0 Å². The van der Waals surface area contributed by atoms with Crippen molar-refractivity contribution in [3.05, 3.63) is 89.3 Å². The second-order valence-corrected chi connectivity index (χ2v) is 11.4. The van der Waals surface area contributed by atoms with Crippen molar-refractivity contribution in [3.63, 3.8) is 0 Å². The van der Waals surface area contributed by atoms with Gasteiger partial charge in [0.1, 0.15) is 4.21 Å². The van der Waals surface area contributed by atoms with Crippen molar-refractivity contribution >= 4 is 33.3 Å². The highest BCUT2D eigenvalue weighted by molar-refractivity contribution is 7.91. The van der Waals surface area contributed by atoms with E-state index >= 15 is 0 Å². The zero-order valence-corrected chi connectivity index (χ0v) is 20.0. The Labute approximate surface area is 202 Å². The first-order valence-electron chi connectivity index (χ1n) is 10.9. The van der Waals surface area contributed by atoms with E-state index in [-0.39, 0.29) is 12.6 Å². The highest BCUT2D eigenvalue weighted by atomic mass is 32.2. The molecule has 2 aliphatic rings. The predicted molar refractivity (Wildman–Crippen MR) is 129 cm³/mol. The normalized spacial score (nSPS) is 19.4. The van der Waals surface area contributed by atoms with Crippen LogP contribution in [0, 0.1) is 0 Å². The first-order chi connectivity index (χ1) is 16.4. The maximum absolute atomic E-state index is 13.8. The van der Waals surface area contributed by atoms with Gasteiger partial charge in [0.05, 0.1) is 6.67 Å². The van der Waals surface area contributed by atoms with Crippen LogP contribution < -0.4 is 5.32 Å². The van der Waals surface area contributed by atoms with E-state index in [9.17, 15) is 18.0 Å². The first-order valence-corrected chi connectivity index (χ1v) is 13.3. The Bertz CT molecular complexity index is 1230. The molecule has 0 bridgehead atoms. The van der Waals surface area contributed by atoms with Gasteiger partial charge in [-0.15, -0.1) is 11.3 Å². The Hall–Kier alpha value is -3.05. The minimum atomic E-state index is -3.52. The Balaban J connectivity index is 1.35. The van der Waals surface area contributed by atoms with E-state index in [0.717, 1.165) is 0 Å². The molecule has 5 rings (SSSR count). The van der Waals surface area contributed by atoms with Gasteiger partial charge in [0, 0.05) is 26.2 Å². The molecule has 8 nitrogen and oxygen atoms in total. The summed E-state index contributed by atoms with van der Waals surface area (Å²) in [6, 6.07) is 21.3. The maximum Gasteiger partial charge on any atom is 0.326 e. The van der Waals surface area contributed by atoms with E-state index in [1.165, 1.54) is 20.5 Å². The van der Waals surface area contributed by atoms with Crippen LogP contribution in [0.4, 0.5) is 4.79 Å². The smallest absolute Gasteiger partial charge is 0.315 e. The van der Waals surface area contributed by atoms with Crippen molar-refractivity contribution in [2.75, 3.05) is 32.8 Å². The quantitative estimate of drug-likeness (QED) is 0.530. The van der Waals surface area contributed by atoms with Crippen LogP contribution >= 0.6 is 11.3 Å². The number of rotatable bonds is 6. The molecular weight excluding hydrogens is 472 g/mol. The number of carbonyl (C=O) groups excluding carboxylic acids is 2. The Morgan fingerprint density at radius 2 is 1.41 bits per heavy atom. The van der Waals surface area contributed by atoms with E-state index in [2.05, 4.69) is 5.32 Å². The summed E-state index contributed by atoms with van der Waals surface area (Å²) in [6.07, 6.45) is 0. The highest BCUT2D eigenvalue weighted by Crippen LogP contribution is 2.36. The fourth-order valence-corrected chi connectivity index (χ4v) is 7.05. The van der Waals surface area contributed by atoms with Crippen molar-refractivity contribution < 1.29 is 18.0 Å². The molecule has 10 heteroatoms. The van der Waals surface area contributed by atoms with Crippen LogP contribution in [0.2, 0.25) is 0 Å². The van der Waals surface area contributed by atoms with E-state index in [1.807, 2.05) is 65.6 Å². The summed E-state index contributed by atoms with van der Waals surface area (Å²) >= 11 is 1.20. The number of hydrogen-bond acceptors (Lipinski definition) is 6. The van der Waals surface area contributed by atoms with Crippen molar-refractivity contribution in [2.24, 2.45) is 0 Å². The Kier molecular flexibility index (Phi) is 5.98. The average Bonchev–Trinajstić information content (AvgIpc) is 3.50. The Morgan fingerprint density at radius 1 is 0.824 bits per heavy atom. The molecule has 0 radical (unpaired) electrons. The lowest BCUT2D eigenvalue weighted by Crippen LogP contribution is -2.52. The van der Waals surface area contributed by atoms with Gasteiger partial charge in [-0.1, -0.05) is 66.7 Å². The van der Waals surface area contributed by atoms with Crippen LogP contribution in [0.25, 0.3) is 0 Å². The lowest BCUT2D eigenvalue weighted by atomic mass is 9.83. The fourth-order valence-electron chi connectivity index (χ4n) is 4.49. The molecule has 2 fully saturated rings. The number of thiophene rings is 1. The van der Waals surface area contributed by atoms with Crippen molar-refractivity contribution in [1.82, 2.24) is 19.4 Å². The van der Waals surface area contributed by atoms with Gasteiger partial charge in [-0.05, 0) is 22.6 Å². The summed E-state index contributed by atoms with van der Waals surface area (Å²) < 4.78 is 27.4. The molecule has 1 aromatic heterocycles. The van der Waals surface area contributed by atoms with Crippen molar-refractivity contribution in [1.29, 1.82) is 0 Å². The zero-order valence-electron chi connectivity index (χ0n) is 18.3. The summed E-state index contributed by atoms with van der Waals surface area (Å²) in [4.78, 5) is 30.0. The molecule has 3 heterocycles. The van der Waals surface area contributed by atoms with Crippen LogP contribution in [-0.4, -0.2) is 67.3 Å². The minimum absolute atomic E-state index is 0.0962. The van der Waals surface area contributed by atoms with E-state index in [0.29, 0.717) is 41.5 Å². The molecule has 0 aliphatic carbocycles. The summed E-state index contributed by atoms with van der Waals surface area (Å²) in [5.74, 6) is -0.344. The van der Waals surface area contributed by atoms with Crippen LogP contribution in [0.1, 0.15) is 11.1 Å². The highest BCUT2D eigenvalue weighted by Gasteiger charge is 2.54.